The van der Waals surface area contributed by atoms with Crippen LogP contribution in [0.4, 0.5) is 0 Å². The molecule has 1 heterocycles. The average molecular weight is 437 g/mol. The van der Waals surface area contributed by atoms with Crippen LogP contribution in [-0.4, -0.2) is 49.1 Å². The van der Waals surface area contributed by atoms with Crippen molar-refractivity contribution < 1.29 is 4.42 Å². The SMILES string of the molecule is CN=C(NCc1ncc(C(C)(C)C)o1)NCC(C)(C)N(C)C.I. The van der Waals surface area contributed by atoms with E-state index in [2.05, 4.69) is 74.2 Å². The standard InChI is InChI=1S/C16H31N5O.HI/c1-15(2,3)12-9-18-13(22-12)10-19-14(17-6)20-11-16(4,5)21(7)8;/h9H,10-11H2,1-8H3,(H2,17,19,20);1H. The van der Waals surface area contributed by atoms with Gasteiger partial charge in [-0.3, -0.25) is 4.99 Å². The van der Waals surface area contributed by atoms with Crippen LogP contribution in [0.3, 0.4) is 0 Å². The van der Waals surface area contributed by atoms with Crippen molar-refractivity contribution in [1.82, 2.24) is 20.5 Å². The first kappa shape index (κ1) is 22.2. The largest absolute Gasteiger partial charge is 0.443 e. The van der Waals surface area contributed by atoms with Crippen molar-refractivity contribution in [3.63, 3.8) is 0 Å². The van der Waals surface area contributed by atoms with E-state index in [1.54, 1.807) is 13.2 Å². The predicted octanol–water partition coefficient (Wildman–Crippen LogP) is 2.60. The van der Waals surface area contributed by atoms with Crippen molar-refractivity contribution in [2.75, 3.05) is 27.7 Å². The van der Waals surface area contributed by atoms with Crippen LogP contribution < -0.4 is 10.6 Å². The van der Waals surface area contributed by atoms with Gasteiger partial charge in [-0.05, 0) is 27.9 Å². The van der Waals surface area contributed by atoms with Crippen LogP contribution in [0.2, 0.25) is 0 Å². The lowest BCUT2D eigenvalue weighted by atomic mass is 9.94. The molecule has 0 unspecified atom stereocenters. The Balaban J connectivity index is 0.00000484. The van der Waals surface area contributed by atoms with Gasteiger partial charge in [0.2, 0.25) is 5.89 Å². The third-order valence-corrected chi connectivity index (χ3v) is 3.82. The minimum atomic E-state index is -0.0269. The van der Waals surface area contributed by atoms with Crippen LogP contribution in [0.15, 0.2) is 15.6 Å². The summed E-state index contributed by atoms with van der Waals surface area (Å²) in [6, 6.07) is 0. The number of hydrogen-bond acceptors (Lipinski definition) is 4. The monoisotopic (exact) mass is 437 g/mol. The van der Waals surface area contributed by atoms with Gasteiger partial charge in [0.05, 0.1) is 12.7 Å². The van der Waals surface area contributed by atoms with Gasteiger partial charge in [0.15, 0.2) is 5.96 Å². The highest BCUT2D eigenvalue weighted by molar-refractivity contribution is 14.0. The van der Waals surface area contributed by atoms with Gasteiger partial charge in [-0.1, -0.05) is 20.8 Å². The van der Waals surface area contributed by atoms with Gasteiger partial charge in [0.1, 0.15) is 5.76 Å². The Bertz CT molecular complexity index is 503. The van der Waals surface area contributed by atoms with Crippen LogP contribution >= 0.6 is 24.0 Å². The second-order valence-electron chi connectivity index (χ2n) is 7.35. The lowest BCUT2D eigenvalue weighted by Gasteiger charge is -2.33. The van der Waals surface area contributed by atoms with E-state index in [-0.39, 0.29) is 34.9 Å². The number of aliphatic imine (C=N–C) groups is 1. The highest BCUT2D eigenvalue weighted by Crippen LogP contribution is 2.22. The number of nitrogens with one attached hydrogen (secondary N) is 2. The molecule has 0 radical (unpaired) electrons. The Kier molecular flexibility index (Phi) is 8.54. The molecule has 6 nitrogen and oxygen atoms in total. The average Bonchev–Trinajstić information content (AvgIpc) is 2.87. The summed E-state index contributed by atoms with van der Waals surface area (Å²) >= 11 is 0. The Labute approximate surface area is 157 Å². The van der Waals surface area contributed by atoms with E-state index in [9.17, 15) is 0 Å². The summed E-state index contributed by atoms with van der Waals surface area (Å²) < 4.78 is 5.76. The van der Waals surface area contributed by atoms with Crippen molar-refractivity contribution >= 4 is 29.9 Å². The van der Waals surface area contributed by atoms with E-state index >= 15 is 0 Å². The number of nitrogens with zero attached hydrogens (tertiary/aromatic N) is 3. The number of likely N-dealkylation sites (N-methyl/N-ethyl adjacent to an activating group) is 1. The first-order valence-corrected chi connectivity index (χ1v) is 7.63. The van der Waals surface area contributed by atoms with E-state index in [1.807, 2.05) is 0 Å². The molecule has 0 aliphatic carbocycles. The molecule has 1 rings (SSSR count). The lowest BCUT2D eigenvalue weighted by Crippen LogP contribution is -2.50. The number of hydrogen-bond donors (Lipinski definition) is 2. The van der Waals surface area contributed by atoms with Crippen LogP contribution in [0, 0.1) is 0 Å². The first-order valence-electron chi connectivity index (χ1n) is 7.63. The smallest absolute Gasteiger partial charge is 0.213 e. The molecule has 1 aromatic rings. The molecule has 134 valence electrons. The molecule has 0 atom stereocenters. The van der Waals surface area contributed by atoms with Gasteiger partial charge >= 0.3 is 0 Å². The van der Waals surface area contributed by atoms with Gasteiger partial charge in [-0.25, -0.2) is 4.98 Å². The Morgan fingerprint density at radius 3 is 2.26 bits per heavy atom. The van der Waals surface area contributed by atoms with Crippen molar-refractivity contribution in [1.29, 1.82) is 0 Å². The molecule has 0 aromatic carbocycles. The number of rotatable bonds is 5. The normalized spacial score (nSPS) is 13.0. The second kappa shape index (κ2) is 8.86. The third-order valence-electron chi connectivity index (χ3n) is 3.82. The minimum Gasteiger partial charge on any atom is -0.443 e. The number of guanidine groups is 1. The fourth-order valence-electron chi connectivity index (χ4n) is 1.58. The molecule has 0 aliphatic rings. The summed E-state index contributed by atoms with van der Waals surface area (Å²) in [7, 11) is 5.89. The van der Waals surface area contributed by atoms with E-state index < -0.39 is 0 Å². The third kappa shape index (κ3) is 7.07. The fraction of sp³-hybridized carbons (Fsp3) is 0.750. The number of aromatic nitrogens is 1. The van der Waals surface area contributed by atoms with Gasteiger partial charge in [-0.2, -0.15) is 0 Å². The Morgan fingerprint density at radius 1 is 1.22 bits per heavy atom. The van der Waals surface area contributed by atoms with Crippen LogP contribution in [0.5, 0.6) is 0 Å². The fourth-order valence-corrected chi connectivity index (χ4v) is 1.58. The van der Waals surface area contributed by atoms with Gasteiger partial charge < -0.3 is 20.0 Å². The molecule has 0 saturated heterocycles. The van der Waals surface area contributed by atoms with Crippen molar-refractivity contribution in [3.8, 4) is 0 Å². The van der Waals surface area contributed by atoms with Crippen LogP contribution in [0.25, 0.3) is 0 Å². The molecule has 7 heteroatoms. The Morgan fingerprint density at radius 2 is 1.83 bits per heavy atom. The maximum absolute atomic E-state index is 5.76. The molecule has 0 fully saturated rings. The highest BCUT2D eigenvalue weighted by atomic mass is 127. The first-order chi connectivity index (χ1) is 10.1. The molecule has 0 amide bonds. The Hall–Kier alpha value is -0.830. The highest BCUT2D eigenvalue weighted by Gasteiger charge is 2.21. The molecule has 0 spiro atoms. The van der Waals surface area contributed by atoms with Crippen molar-refractivity contribution in [2.24, 2.45) is 4.99 Å². The van der Waals surface area contributed by atoms with E-state index in [1.165, 1.54) is 0 Å². The summed E-state index contributed by atoms with van der Waals surface area (Å²) in [6.45, 7) is 12.0. The van der Waals surface area contributed by atoms with Crippen LogP contribution in [-0.2, 0) is 12.0 Å². The maximum Gasteiger partial charge on any atom is 0.213 e. The summed E-state index contributed by atoms with van der Waals surface area (Å²) in [5.41, 5.74) is 0.0147. The molecule has 0 saturated carbocycles. The molecular weight excluding hydrogens is 405 g/mol. The van der Waals surface area contributed by atoms with E-state index in [4.69, 9.17) is 4.42 Å². The predicted molar refractivity (Wildman–Crippen MR) is 107 cm³/mol. The molecule has 23 heavy (non-hydrogen) atoms. The second-order valence-corrected chi connectivity index (χ2v) is 7.35. The van der Waals surface area contributed by atoms with Gasteiger partial charge in [-0.15, -0.1) is 24.0 Å². The van der Waals surface area contributed by atoms with E-state index in [0.29, 0.717) is 12.4 Å². The summed E-state index contributed by atoms with van der Waals surface area (Å²) in [4.78, 5) is 10.7. The molecule has 0 aliphatic heterocycles. The topological polar surface area (TPSA) is 65.7 Å². The zero-order chi connectivity index (χ0) is 17.0. The molecule has 1 aromatic heterocycles. The molecular formula is C16H32IN5O. The van der Waals surface area contributed by atoms with Gasteiger partial charge in [0, 0.05) is 24.5 Å². The summed E-state index contributed by atoms with van der Waals surface area (Å²) in [5.74, 6) is 2.30. The summed E-state index contributed by atoms with van der Waals surface area (Å²) in [5, 5.41) is 6.55. The zero-order valence-corrected chi connectivity index (χ0v) is 18.0. The van der Waals surface area contributed by atoms with Crippen molar-refractivity contribution in [2.45, 2.75) is 52.1 Å². The lowest BCUT2D eigenvalue weighted by molar-refractivity contribution is 0.197. The summed E-state index contributed by atoms with van der Waals surface area (Å²) in [6.07, 6.45) is 1.79. The number of oxazole rings is 1. The van der Waals surface area contributed by atoms with E-state index in [0.717, 1.165) is 18.3 Å². The van der Waals surface area contributed by atoms with Gasteiger partial charge in [0.25, 0.3) is 0 Å². The maximum atomic E-state index is 5.76. The number of halogens is 1. The molecule has 0 bridgehead atoms. The molecule has 2 N–H and O–H groups in total. The van der Waals surface area contributed by atoms with Crippen molar-refractivity contribution in [3.05, 3.63) is 17.8 Å². The van der Waals surface area contributed by atoms with Crippen LogP contribution in [0.1, 0.15) is 46.3 Å². The quantitative estimate of drug-likeness (QED) is 0.421. The zero-order valence-electron chi connectivity index (χ0n) is 15.6. The minimum absolute atomic E-state index is 0.